The van der Waals surface area contributed by atoms with Gasteiger partial charge in [0.25, 0.3) is 0 Å². The van der Waals surface area contributed by atoms with E-state index in [4.69, 9.17) is 11.6 Å². The lowest BCUT2D eigenvalue weighted by atomic mass is 10.2. The summed E-state index contributed by atoms with van der Waals surface area (Å²) in [5.74, 6) is 0.0545. The molecule has 5 heteroatoms. The van der Waals surface area contributed by atoms with Gasteiger partial charge in [0.15, 0.2) is 5.15 Å². The fourth-order valence-electron chi connectivity index (χ4n) is 2.68. The molecule has 1 fully saturated rings. The smallest absolute Gasteiger partial charge is 0.246 e. The van der Waals surface area contributed by atoms with Gasteiger partial charge in [0.05, 0.1) is 5.69 Å². The van der Waals surface area contributed by atoms with Crippen molar-refractivity contribution in [3.8, 4) is 0 Å². The summed E-state index contributed by atoms with van der Waals surface area (Å²) in [6.45, 7) is 1.70. The van der Waals surface area contributed by atoms with Crippen molar-refractivity contribution in [2.24, 2.45) is 0 Å². The number of hydrogen-bond donors (Lipinski definition) is 0. The second-order valence-corrected chi connectivity index (χ2v) is 5.65. The van der Waals surface area contributed by atoms with Gasteiger partial charge in [-0.1, -0.05) is 30.5 Å². The van der Waals surface area contributed by atoms with Crippen molar-refractivity contribution >= 4 is 29.2 Å². The Morgan fingerprint density at radius 2 is 1.95 bits per heavy atom. The topological polar surface area (TPSA) is 37.6 Å². The highest BCUT2D eigenvalue weighted by Gasteiger charge is 2.13. The van der Waals surface area contributed by atoms with Gasteiger partial charge in [-0.2, -0.15) is 0 Å². The van der Waals surface area contributed by atoms with Gasteiger partial charge in [-0.15, -0.1) is 0 Å². The van der Waals surface area contributed by atoms with Crippen LogP contribution in [0.3, 0.4) is 0 Å². The van der Waals surface area contributed by atoms with Crippen molar-refractivity contribution in [3.05, 3.63) is 41.3 Å². The highest BCUT2D eigenvalue weighted by molar-refractivity contribution is 6.31. The van der Waals surface area contributed by atoms with Crippen LogP contribution in [0.4, 0.5) is 0 Å². The number of amides is 1. The van der Waals surface area contributed by atoms with Gasteiger partial charge in [-0.25, -0.2) is 4.98 Å². The Morgan fingerprint density at radius 1 is 1.19 bits per heavy atom. The predicted molar refractivity (Wildman–Crippen MR) is 84.3 cm³/mol. The van der Waals surface area contributed by atoms with E-state index in [1.54, 1.807) is 12.2 Å². The van der Waals surface area contributed by atoms with Crippen molar-refractivity contribution in [2.75, 3.05) is 13.1 Å². The van der Waals surface area contributed by atoms with Crippen LogP contribution in [-0.4, -0.2) is 33.3 Å². The number of aromatic nitrogens is 2. The molecule has 0 atom stereocenters. The summed E-state index contributed by atoms with van der Waals surface area (Å²) in [6.07, 6.45) is 9.87. The molecule has 3 rings (SSSR count). The number of fused-ring (bicyclic) bond motifs is 1. The largest absolute Gasteiger partial charge is 0.339 e. The van der Waals surface area contributed by atoms with E-state index < -0.39 is 0 Å². The molecule has 1 aliphatic heterocycles. The van der Waals surface area contributed by atoms with Crippen LogP contribution in [0.15, 0.2) is 30.5 Å². The third-order valence-corrected chi connectivity index (χ3v) is 4.10. The molecule has 2 aromatic rings. The second-order valence-electron chi connectivity index (χ2n) is 5.29. The Bertz CT molecular complexity index is 669. The Morgan fingerprint density at radius 3 is 2.71 bits per heavy atom. The lowest BCUT2D eigenvalue weighted by Crippen LogP contribution is -2.30. The molecule has 1 saturated heterocycles. The maximum atomic E-state index is 12.3. The van der Waals surface area contributed by atoms with E-state index in [9.17, 15) is 4.79 Å². The standard InChI is InChI=1S/C16H18ClN3O/c17-16-13(20-12-6-3-7-14(20)18-16)8-9-15(21)19-10-4-1-2-5-11-19/h3,6-9,12H,1-2,4-5,10-11H2/b9-8+. The van der Waals surface area contributed by atoms with Crippen molar-refractivity contribution < 1.29 is 4.79 Å². The first-order chi connectivity index (χ1) is 10.3. The molecule has 0 aliphatic carbocycles. The molecule has 0 spiro atoms. The van der Waals surface area contributed by atoms with Gasteiger partial charge in [0, 0.05) is 25.4 Å². The molecule has 2 aromatic heterocycles. The number of imidazole rings is 1. The highest BCUT2D eigenvalue weighted by Crippen LogP contribution is 2.19. The summed E-state index contributed by atoms with van der Waals surface area (Å²) in [7, 11) is 0. The molecule has 0 radical (unpaired) electrons. The summed E-state index contributed by atoms with van der Waals surface area (Å²) < 4.78 is 1.88. The number of halogens is 1. The normalized spacial score (nSPS) is 16.5. The van der Waals surface area contributed by atoms with Crippen molar-refractivity contribution in [1.82, 2.24) is 14.3 Å². The fraction of sp³-hybridized carbons (Fsp3) is 0.375. The molecular formula is C16H18ClN3O. The first-order valence-corrected chi connectivity index (χ1v) is 7.73. The molecule has 3 heterocycles. The molecule has 0 aromatic carbocycles. The minimum atomic E-state index is 0.0545. The number of pyridine rings is 1. The maximum Gasteiger partial charge on any atom is 0.246 e. The molecule has 0 N–H and O–H groups in total. The van der Waals surface area contributed by atoms with E-state index in [0.717, 1.165) is 37.3 Å². The SMILES string of the molecule is O=C(/C=C/c1c(Cl)nc2ccccn12)N1CCCCCC1. The molecule has 0 saturated carbocycles. The Hall–Kier alpha value is -1.81. The highest BCUT2D eigenvalue weighted by atomic mass is 35.5. The summed E-state index contributed by atoms with van der Waals surface area (Å²) in [4.78, 5) is 18.4. The van der Waals surface area contributed by atoms with Crippen LogP contribution in [0.25, 0.3) is 11.7 Å². The van der Waals surface area contributed by atoms with E-state index in [1.165, 1.54) is 12.8 Å². The van der Waals surface area contributed by atoms with Gasteiger partial charge in [-0.05, 0) is 31.1 Å². The average molecular weight is 304 g/mol. The number of rotatable bonds is 2. The number of likely N-dealkylation sites (tertiary alicyclic amines) is 1. The van der Waals surface area contributed by atoms with Gasteiger partial charge in [-0.3, -0.25) is 9.20 Å². The summed E-state index contributed by atoms with van der Waals surface area (Å²) >= 11 is 6.15. The fourth-order valence-corrected chi connectivity index (χ4v) is 2.92. The molecule has 1 aliphatic rings. The molecule has 1 amide bonds. The summed E-state index contributed by atoms with van der Waals surface area (Å²) in [5, 5.41) is 0.418. The molecule has 110 valence electrons. The van der Waals surface area contributed by atoms with Gasteiger partial charge in [0.2, 0.25) is 5.91 Å². The average Bonchev–Trinajstić information content (AvgIpc) is 2.68. The number of nitrogens with zero attached hydrogens (tertiary/aromatic N) is 3. The van der Waals surface area contributed by atoms with Crippen LogP contribution in [0.2, 0.25) is 5.15 Å². The van der Waals surface area contributed by atoms with E-state index in [1.807, 2.05) is 33.7 Å². The Labute approximate surface area is 129 Å². The number of hydrogen-bond acceptors (Lipinski definition) is 2. The van der Waals surface area contributed by atoms with E-state index >= 15 is 0 Å². The van der Waals surface area contributed by atoms with Crippen LogP contribution in [-0.2, 0) is 4.79 Å². The monoisotopic (exact) mass is 303 g/mol. The summed E-state index contributed by atoms with van der Waals surface area (Å²) in [6, 6.07) is 5.72. The van der Waals surface area contributed by atoms with Crippen LogP contribution < -0.4 is 0 Å². The van der Waals surface area contributed by atoms with Crippen LogP contribution >= 0.6 is 11.6 Å². The first-order valence-electron chi connectivity index (χ1n) is 7.35. The second kappa shape index (κ2) is 6.31. The lowest BCUT2D eigenvalue weighted by molar-refractivity contribution is -0.125. The van der Waals surface area contributed by atoms with Gasteiger partial charge >= 0.3 is 0 Å². The molecule has 0 unspecified atom stereocenters. The molecule has 4 nitrogen and oxygen atoms in total. The van der Waals surface area contributed by atoms with Crippen molar-refractivity contribution in [2.45, 2.75) is 25.7 Å². The molecule has 21 heavy (non-hydrogen) atoms. The zero-order chi connectivity index (χ0) is 14.7. The maximum absolute atomic E-state index is 12.3. The predicted octanol–water partition coefficient (Wildman–Crippen LogP) is 3.40. The quantitative estimate of drug-likeness (QED) is 0.797. The van der Waals surface area contributed by atoms with Crippen molar-refractivity contribution in [1.29, 1.82) is 0 Å². The van der Waals surface area contributed by atoms with E-state index in [0.29, 0.717) is 5.15 Å². The third-order valence-electron chi connectivity index (χ3n) is 3.82. The summed E-state index contributed by atoms with van der Waals surface area (Å²) in [5.41, 5.74) is 1.53. The minimum Gasteiger partial charge on any atom is -0.339 e. The first kappa shape index (κ1) is 14.1. The Kier molecular flexibility index (Phi) is 4.25. The van der Waals surface area contributed by atoms with E-state index in [2.05, 4.69) is 4.98 Å². The zero-order valence-corrected chi connectivity index (χ0v) is 12.6. The van der Waals surface area contributed by atoms with Gasteiger partial charge in [0.1, 0.15) is 5.65 Å². The van der Waals surface area contributed by atoms with Crippen molar-refractivity contribution in [3.63, 3.8) is 0 Å². The zero-order valence-electron chi connectivity index (χ0n) is 11.8. The third kappa shape index (κ3) is 3.10. The molecular weight excluding hydrogens is 286 g/mol. The minimum absolute atomic E-state index is 0.0545. The van der Waals surface area contributed by atoms with Crippen LogP contribution in [0.5, 0.6) is 0 Å². The van der Waals surface area contributed by atoms with E-state index in [-0.39, 0.29) is 5.91 Å². The van der Waals surface area contributed by atoms with Crippen LogP contribution in [0.1, 0.15) is 31.4 Å². The lowest BCUT2D eigenvalue weighted by Gasteiger charge is -2.17. The molecule has 0 bridgehead atoms. The van der Waals surface area contributed by atoms with Crippen LogP contribution in [0, 0.1) is 0 Å². The van der Waals surface area contributed by atoms with Gasteiger partial charge < -0.3 is 4.90 Å². The number of carbonyl (C=O) groups excluding carboxylic acids is 1. The number of carbonyl (C=O) groups is 1. The Balaban J connectivity index is 1.80.